The third kappa shape index (κ3) is 2.96. The van der Waals surface area contributed by atoms with Gasteiger partial charge in [0.15, 0.2) is 5.78 Å². The molecule has 0 amide bonds. The summed E-state index contributed by atoms with van der Waals surface area (Å²) in [6, 6.07) is 9.07. The maximum atomic E-state index is 12.1. The normalized spacial score (nSPS) is 10.1. The number of carbonyl (C=O) groups excluding carboxylic acids is 1. The molecule has 0 N–H and O–H groups in total. The highest BCUT2D eigenvalue weighted by Gasteiger charge is 2.11. The second-order valence-corrected chi connectivity index (χ2v) is 4.71. The Morgan fingerprint density at radius 2 is 2.00 bits per heavy atom. The highest BCUT2D eigenvalue weighted by atomic mass is 79.9. The first kappa shape index (κ1) is 12.8. The van der Waals surface area contributed by atoms with Gasteiger partial charge in [-0.15, -0.1) is 0 Å². The molecule has 0 unspecified atom stereocenters. The van der Waals surface area contributed by atoms with Crippen molar-refractivity contribution in [3.63, 3.8) is 0 Å². The lowest BCUT2D eigenvalue weighted by Crippen LogP contribution is -2.05. The molecule has 0 radical (unpaired) electrons. The van der Waals surface area contributed by atoms with Gasteiger partial charge in [0, 0.05) is 34.4 Å². The molecule has 0 atom stereocenters. The predicted molar refractivity (Wildman–Crippen MR) is 73.0 cm³/mol. The molecule has 18 heavy (non-hydrogen) atoms. The van der Waals surface area contributed by atoms with Gasteiger partial charge in [0.25, 0.3) is 0 Å². The van der Waals surface area contributed by atoms with Crippen LogP contribution in [0.25, 0.3) is 0 Å². The fraction of sp³-hybridized carbons (Fsp3) is 0.143. The summed E-state index contributed by atoms with van der Waals surface area (Å²) in [6.45, 7) is 0. The SMILES string of the molecule is COc1ccc(Br)cc1CC(=O)c1ccncc1. The zero-order chi connectivity index (χ0) is 13.0. The van der Waals surface area contributed by atoms with Crippen molar-refractivity contribution in [2.75, 3.05) is 7.11 Å². The lowest BCUT2D eigenvalue weighted by molar-refractivity contribution is 0.0992. The number of nitrogens with zero attached hydrogens (tertiary/aromatic N) is 1. The van der Waals surface area contributed by atoms with E-state index in [2.05, 4.69) is 20.9 Å². The third-order valence-corrected chi connectivity index (χ3v) is 3.09. The lowest BCUT2D eigenvalue weighted by Gasteiger charge is -2.08. The number of halogens is 1. The summed E-state index contributed by atoms with van der Waals surface area (Å²) >= 11 is 3.39. The van der Waals surface area contributed by atoms with Gasteiger partial charge >= 0.3 is 0 Å². The van der Waals surface area contributed by atoms with E-state index in [1.807, 2.05) is 18.2 Å². The molecular formula is C14H12BrNO2. The van der Waals surface area contributed by atoms with Crippen LogP contribution in [0.4, 0.5) is 0 Å². The minimum absolute atomic E-state index is 0.0498. The molecule has 0 saturated carbocycles. The summed E-state index contributed by atoms with van der Waals surface area (Å²) in [5, 5.41) is 0. The number of benzene rings is 1. The van der Waals surface area contributed by atoms with Gasteiger partial charge in [0.05, 0.1) is 7.11 Å². The molecule has 2 aromatic rings. The Labute approximate surface area is 114 Å². The maximum absolute atomic E-state index is 12.1. The molecule has 1 heterocycles. The zero-order valence-corrected chi connectivity index (χ0v) is 11.5. The number of hydrogen-bond acceptors (Lipinski definition) is 3. The molecule has 4 heteroatoms. The van der Waals surface area contributed by atoms with Gasteiger partial charge in [-0.25, -0.2) is 0 Å². The van der Waals surface area contributed by atoms with Gasteiger partial charge in [0.2, 0.25) is 0 Å². The van der Waals surface area contributed by atoms with Crippen LogP contribution in [0.1, 0.15) is 15.9 Å². The smallest absolute Gasteiger partial charge is 0.167 e. The topological polar surface area (TPSA) is 39.2 Å². The number of hydrogen-bond donors (Lipinski definition) is 0. The molecule has 0 aliphatic carbocycles. The second kappa shape index (κ2) is 5.78. The Hall–Kier alpha value is -1.68. The first-order valence-electron chi connectivity index (χ1n) is 5.46. The van der Waals surface area contributed by atoms with Crippen LogP contribution in [0, 0.1) is 0 Å². The van der Waals surface area contributed by atoms with Crippen molar-refractivity contribution in [3.8, 4) is 5.75 Å². The van der Waals surface area contributed by atoms with Crippen LogP contribution in [0.5, 0.6) is 5.75 Å². The Balaban J connectivity index is 2.24. The predicted octanol–water partition coefficient (Wildman–Crippen LogP) is 3.28. The molecule has 1 aromatic carbocycles. The van der Waals surface area contributed by atoms with Crippen molar-refractivity contribution in [1.82, 2.24) is 4.98 Å². The molecule has 2 rings (SSSR count). The summed E-state index contributed by atoms with van der Waals surface area (Å²) in [7, 11) is 1.60. The molecular weight excluding hydrogens is 294 g/mol. The first-order valence-corrected chi connectivity index (χ1v) is 6.25. The van der Waals surface area contributed by atoms with E-state index < -0.39 is 0 Å². The molecule has 0 aliphatic heterocycles. The maximum Gasteiger partial charge on any atom is 0.167 e. The van der Waals surface area contributed by atoms with Crippen molar-refractivity contribution >= 4 is 21.7 Å². The van der Waals surface area contributed by atoms with Crippen LogP contribution in [0.15, 0.2) is 47.2 Å². The highest BCUT2D eigenvalue weighted by Crippen LogP contribution is 2.24. The molecule has 0 spiro atoms. The van der Waals surface area contributed by atoms with Crippen molar-refractivity contribution in [2.24, 2.45) is 0 Å². The quantitative estimate of drug-likeness (QED) is 0.814. The molecule has 0 fully saturated rings. The molecule has 3 nitrogen and oxygen atoms in total. The molecule has 1 aromatic heterocycles. The van der Waals surface area contributed by atoms with Crippen LogP contribution >= 0.6 is 15.9 Å². The molecule has 92 valence electrons. The van der Waals surface area contributed by atoms with Crippen LogP contribution in [-0.4, -0.2) is 17.9 Å². The summed E-state index contributed by atoms with van der Waals surface area (Å²) in [5.41, 5.74) is 1.53. The van der Waals surface area contributed by atoms with E-state index >= 15 is 0 Å². The standard InChI is InChI=1S/C14H12BrNO2/c1-18-14-3-2-12(15)8-11(14)9-13(17)10-4-6-16-7-5-10/h2-8H,9H2,1H3. The minimum atomic E-state index is 0.0498. The van der Waals surface area contributed by atoms with Crippen LogP contribution < -0.4 is 4.74 Å². The van der Waals surface area contributed by atoms with Gasteiger partial charge in [-0.05, 0) is 30.3 Å². The van der Waals surface area contributed by atoms with E-state index in [-0.39, 0.29) is 5.78 Å². The molecule has 0 bridgehead atoms. The number of ether oxygens (including phenoxy) is 1. The van der Waals surface area contributed by atoms with E-state index in [1.54, 1.807) is 31.6 Å². The second-order valence-electron chi connectivity index (χ2n) is 3.79. The Kier molecular flexibility index (Phi) is 4.10. The number of ketones is 1. The number of pyridine rings is 1. The third-order valence-electron chi connectivity index (χ3n) is 2.60. The van der Waals surface area contributed by atoms with Crippen molar-refractivity contribution in [1.29, 1.82) is 0 Å². The largest absolute Gasteiger partial charge is 0.496 e. The number of Topliss-reactive ketones (excluding diaryl/α,β-unsaturated/α-hetero) is 1. The number of aromatic nitrogens is 1. The van der Waals surface area contributed by atoms with Crippen LogP contribution in [-0.2, 0) is 6.42 Å². The number of rotatable bonds is 4. The first-order chi connectivity index (χ1) is 8.70. The van der Waals surface area contributed by atoms with Gasteiger partial charge in [-0.3, -0.25) is 9.78 Å². The van der Waals surface area contributed by atoms with Crippen LogP contribution in [0.2, 0.25) is 0 Å². The van der Waals surface area contributed by atoms with Crippen LogP contribution in [0.3, 0.4) is 0 Å². The number of carbonyl (C=O) groups is 1. The van der Waals surface area contributed by atoms with E-state index in [0.29, 0.717) is 12.0 Å². The van der Waals surface area contributed by atoms with E-state index in [4.69, 9.17) is 4.74 Å². The van der Waals surface area contributed by atoms with Gasteiger partial charge in [-0.2, -0.15) is 0 Å². The van der Waals surface area contributed by atoms with Gasteiger partial charge in [0.1, 0.15) is 5.75 Å². The Morgan fingerprint density at radius 1 is 1.28 bits per heavy atom. The monoisotopic (exact) mass is 305 g/mol. The van der Waals surface area contributed by atoms with Crippen molar-refractivity contribution in [3.05, 3.63) is 58.3 Å². The minimum Gasteiger partial charge on any atom is -0.496 e. The van der Waals surface area contributed by atoms with E-state index in [0.717, 1.165) is 15.8 Å². The lowest BCUT2D eigenvalue weighted by atomic mass is 10.0. The van der Waals surface area contributed by atoms with Gasteiger partial charge in [-0.1, -0.05) is 15.9 Å². The van der Waals surface area contributed by atoms with Crippen molar-refractivity contribution < 1.29 is 9.53 Å². The summed E-state index contributed by atoms with van der Waals surface area (Å²) in [4.78, 5) is 16.0. The molecule has 0 aliphatic rings. The summed E-state index contributed by atoms with van der Waals surface area (Å²) in [6.07, 6.45) is 3.55. The fourth-order valence-corrected chi connectivity index (χ4v) is 2.11. The average molecular weight is 306 g/mol. The summed E-state index contributed by atoms with van der Waals surface area (Å²) < 4.78 is 6.18. The van der Waals surface area contributed by atoms with E-state index in [1.165, 1.54) is 0 Å². The zero-order valence-electron chi connectivity index (χ0n) is 9.89. The summed E-state index contributed by atoms with van der Waals surface area (Å²) in [5.74, 6) is 0.773. The number of methoxy groups -OCH3 is 1. The molecule has 0 saturated heterocycles. The Morgan fingerprint density at radius 3 is 2.67 bits per heavy atom. The fourth-order valence-electron chi connectivity index (χ4n) is 1.70. The van der Waals surface area contributed by atoms with Crippen molar-refractivity contribution in [2.45, 2.75) is 6.42 Å². The average Bonchev–Trinajstić information content (AvgIpc) is 2.40. The van der Waals surface area contributed by atoms with Gasteiger partial charge < -0.3 is 4.74 Å². The highest BCUT2D eigenvalue weighted by molar-refractivity contribution is 9.10. The van der Waals surface area contributed by atoms with E-state index in [9.17, 15) is 4.79 Å². The Bertz CT molecular complexity index is 555.